The van der Waals surface area contributed by atoms with Crippen molar-refractivity contribution >= 4 is 65.8 Å². The zero-order chi connectivity index (χ0) is 44.1. The van der Waals surface area contributed by atoms with Gasteiger partial charge in [-0.2, -0.15) is 0 Å². The molecule has 0 radical (unpaired) electrons. The maximum absolute atomic E-state index is 13.6. The average molecular weight is 824 g/mol. The lowest BCUT2D eigenvalue weighted by atomic mass is 10.0. The topological polar surface area (TPSA) is 376 Å². The van der Waals surface area contributed by atoms with Gasteiger partial charge in [0.1, 0.15) is 42.6 Å². The minimum Gasteiger partial charge on any atom is -0.480 e. The number of rotatable bonds is 26. The van der Waals surface area contributed by atoms with Crippen molar-refractivity contribution in [2.75, 3.05) is 19.7 Å². The van der Waals surface area contributed by atoms with Crippen molar-refractivity contribution < 1.29 is 48.6 Å². The van der Waals surface area contributed by atoms with E-state index in [2.05, 4.69) is 52.2 Å². The number of carboxylic acid groups (broad SMARTS) is 1. The number of aliphatic hydroxyl groups is 1. The fraction of sp³-hybridized carbons (Fsp3) is 0.686. The predicted octanol–water partition coefficient (Wildman–Crippen LogP) is -4.53. The molecule has 0 bridgehead atoms. The van der Waals surface area contributed by atoms with Gasteiger partial charge in [-0.1, -0.05) is 27.7 Å². The van der Waals surface area contributed by atoms with Crippen molar-refractivity contribution in [3.63, 3.8) is 0 Å². The van der Waals surface area contributed by atoms with Gasteiger partial charge in [0.25, 0.3) is 0 Å². The second kappa shape index (κ2) is 25.5. The highest BCUT2D eigenvalue weighted by Gasteiger charge is 2.33. The maximum Gasteiger partial charge on any atom is 0.326 e. The van der Waals surface area contributed by atoms with E-state index in [9.17, 15) is 48.6 Å². The minimum atomic E-state index is -1.44. The van der Waals surface area contributed by atoms with Gasteiger partial charge < -0.3 is 64.6 Å². The fourth-order valence-electron chi connectivity index (χ4n) is 5.32. The molecule has 1 unspecified atom stereocenters. The molecule has 326 valence electrons. The number of carbonyl (C=O) groups excluding carboxylic acids is 7. The van der Waals surface area contributed by atoms with Crippen molar-refractivity contribution in [2.45, 2.75) is 122 Å². The number of hydrogen-bond donors (Lipinski definition) is 12. The Labute approximate surface area is 337 Å². The Balaban J connectivity index is 2.99. The molecule has 23 heteroatoms. The highest BCUT2D eigenvalue weighted by atomic mass is 16.4. The summed E-state index contributed by atoms with van der Waals surface area (Å²) >= 11 is 0. The summed E-state index contributed by atoms with van der Waals surface area (Å²) in [7, 11) is 0. The molecular formula is C35H61N13O10. The predicted molar refractivity (Wildman–Crippen MR) is 213 cm³/mol. The summed E-state index contributed by atoms with van der Waals surface area (Å²) in [5.74, 6) is -7.12. The third-order valence-corrected chi connectivity index (χ3v) is 8.36. The van der Waals surface area contributed by atoms with Crippen molar-refractivity contribution in [1.82, 2.24) is 37.2 Å². The molecule has 8 atom stereocenters. The maximum atomic E-state index is 13.6. The van der Waals surface area contributed by atoms with E-state index < -0.39 is 109 Å². The monoisotopic (exact) mass is 823 g/mol. The van der Waals surface area contributed by atoms with Crippen LogP contribution in [0.1, 0.15) is 73.6 Å². The Bertz CT molecular complexity index is 1520. The van der Waals surface area contributed by atoms with Crippen molar-refractivity contribution in [3.8, 4) is 0 Å². The van der Waals surface area contributed by atoms with Crippen LogP contribution in [-0.4, -0.2) is 144 Å². The lowest BCUT2D eigenvalue weighted by Crippen LogP contribution is -2.59. The first kappa shape index (κ1) is 50.3. The molecule has 0 fully saturated rings. The number of carbonyl (C=O) groups is 8. The molecule has 7 amide bonds. The van der Waals surface area contributed by atoms with E-state index in [0.717, 1.165) is 0 Å². The summed E-state index contributed by atoms with van der Waals surface area (Å²) in [5, 5.41) is 36.5. The van der Waals surface area contributed by atoms with Crippen LogP contribution < -0.4 is 54.4 Å². The molecule has 0 aromatic heterocycles. The van der Waals surface area contributed by atoms with Crippen LogP contribution in [0.3, 0.4) is 0 Å². The Morgan fingerprint density at radius 2 is 1.24 bits per heavy atom. The summed E-state index contributed by atoms with van der Waals surface area (Å²) in [4.78, 5) is 115. The number of nitrogens with two attached hydrogens (primary N) is 3. The zero-order valence-electron chi connectivity index (χ0n) is 33.8. The van der Waals surface area contributed by atoms with Gasteiger partial charge in [0.2, 0.25) is 41.4 Å². The van der Waals surface area contributed by atoms with Gasteiger partial charge in [-0.25, -0.2) is 9.79 Å². The third kappa shape index (κ3) is 19.4. The van der Waals surface area contributed by atoms with Crippen LogP contribution in [0.15, 0.2) is 15.0 Å². The molecule has 58 heavy (non-hydrogen) atoms. The van der Waals surface area contributed by atoms with Crippen LogP contribution in [0.5, 0.6) is 0 Å². The second-order valence-electron chi connectivity index (χ2n) is 14.7. The molecule has 23 nitrogen and oxygen atoms in total. The summed E-state index contributed by atoms with van der Waals surface area (Å²) in [6.45, 7) is 8.66. The molecule has 1 aliphatic rings. The third-order valence-electron chi connectivity index (χ3n) is 8.36. The van der Waals surface area contributed by atoms with E-state index in [-0.39, 0.29) is 56.4 Å². The standard InChI is InChI=1S/C35H61N13O10/c1-17(2)10-23(46-32(55)25(12-21-13-39-16-42-21)47-33(56)26(15-49)48-28(51)19(5)36)30(53)41-14-27(50)44-24(11-18(3)4)31(54)43-20(6)29(52)45-22(34(57)58)8-7-9-40-35(37)38/h13,16-26,49H,7-12,14-15,36H2,1-6H3,(H,41,53)(H,43,54)(H,44,50)(H,45,52)(H,46,55)(H,47,56)(H,48,51)(H,57,58)(H4,37,38,40)/t19-,20-,21?,22-,23-,24-,25-,26-/m0/s1. The molecule has 1 heterocycles. The quantitative estimate of drug-likeness (QED) is 0.0223. The van der Waals surface area contributed by atoms with E-state index in [4.69, 9.17) is 17.2 Å². The first-order valence-corrected chi connectivity index (χ1v) is 18.9. The number of guanidine groups is 1. The number of aliphatic hydroxyl groups excluding tert-OH is 1. The van der Waals surface area contributed by atoms with Crippen LogP contribution in [0.4, 0.5) is 0 Å². The van der Waals surface area contributed by atoms with Gasteiger partial charge in [-0.05, 0) is 51.4 Å². The van der Waals surface area contributed by atoms with Crippen molar-refractivity contribution in [1.29, 1.82) is 0 Å². The first-order valence-electron chi connectivity index (χ1n) is 18.9. The Kier molecular flexibility index (Phi) is 22.1. The molecule has 15 N–H and O–H groups in total. The van der Waals surface area contributed by atoms with E-state index >= 15 is 0 Å². The van der Waals surface area contributed by atoms with Gasteiger partial charge in [0.15, 0.2) is 5.96 Å². The highest BCUT2D eigenvalue weighted by molar-refractivity contribution is 5.97. The van der Waals surface area contributed by atoms with Gasteiger partial charge >= 0.3 is 5.97 Å². The average Bonchev–Trinajstić information content (AvgIpc) is 3.65. The normalized spacial score (nSPS) is 16.8. The number of aliphatic carboxylic acids is 1. The molecule has 1 rings (SSSR count). The Morgan fingerprint density at radius 1 is 0.707 bits per heavy atom. The smallest absolute Gasteiger partial charge is 0.326 e. The SMILES string of the molecule is CC(C)C[C@H](NC(=O)CNC(=O)[C@H](CC(C)C)NC(=O)[C@H](CC1C=NC=N1)NC(=O)[C@H](CO)NC(=O)[C@H](C)N)C(=O)N[C@@H](C)C(=O)N[C@@H](CCCN=C(N)N)C(=O)O. The van der Waals surface area contributed by atoms with Gasteiger partial charge in [-0.15, -0.1) is 0 Å². The Morgan fingerprint density at radius 3 is 1.76 bits per heavy atom. The number of aliphatic imine (C=N–C) groups is 3. The summed E-state index contributed by atoms with van der Waals surface area (Å²) < 4.78 is 0. The molecule has 0 spiro atoms. The molecule has 0 saturated heterocycles. The molecule has 0 aliphatic carbocycles. The van der Waals surface area contributed by atoms with E-state index in [1.54, 1.807) is 27.7 Å². The van der Waals surface area contributed by atoms with Crippen LogP contribution in [-0.2, 0) is 38.4 Å². The summed E-state index contributed by atoms with van der Waals surface area (Å²) in [5.41, 5.74) is 16.1. The van der Waals surface area contributed by atoms with Gasteiger partial charge in [0, 0.05) is 19.2 Å². The van der Waals surface area contributed by atoms with Crippen LogP contribution in [0.2, 0.25) is 0 Å². The molecule has 0 aromatic rings. The van der Waals surface area contributed by atoms with E-state index in [1.165, 1.54) is 26.4 Å². The molecule has 0 saturated carbocycles. The first-order chi connectivity index (χ1) is 27.1. The molecule has 1 aliphatic heterocycles. The second-order valence-corrected chi connectivity index (χ2v) is 14.7. The van der Waals surface area contributed by atoms with Crippen LogP contribution in [0.25, 0.3) is 0 Å². The lowest BCUT2D eigenvalue weighted by Gasteiger charge is -2.26. The van der Waals surface area contributed by atoms with Crippen LogP contribution >= 0.6 is 0 Å². The summed E-state index contributed by atoms with van der Waals surface area (Å²) in [6.07, 6.45) is 3.16. The number of carboxylic acids is 1. The molecular weight excluding hydrogens is 762 g/mol. The lowest BCUT2D eigenvalue weighted by molar-refractivity contribution is -0.142. The van der Waals surface area contributed by atoms with E-state index in [0.29, 0.717) is 0 Å². The van der Waals surface area contributed by atoms with Gasteiger partial charge in [-0.3, -0.25) is 43.5 Å². The van der Waals surface area contributed by atoms with Crippen LogP contribution in [0, 0.1) is 11.8 Å². The summed E-state index contributed by atoms with van der Waals surface area (Å²) in [6, 6.07) is -9.14. The Hall–Kier alpha value is -5.71. The number of nitrogens with zero attached hydrogens (tertiary/aromatic N) is 3. The minimum absolute atomic E-state index is 0.0149. The highest BCUT2D eigenvalue weighted by Crippen LogP contribution is 2.10. The molecule has 0 aromatic carbocycles. The number of amides is 7. The number of nitrogens with one attached hydrogen (secondary N) is 7. The van der Waals surface area contributed by atoms with Crippen molar-refractivity contribution in [2.24, 2.45) is 44.0 Å². The zero-order valence-corrected chi connectivity index (χ0v) is 33.8. The van der Waals surface area contributed by atoms with Crippen molar-refractivity contribution in [3.05, 3.63) is 0 Å². The number of hydrogen-bond acceptors (Lipinski definition) is 13. The van der Waals surface area contributed by atoms with Gasteiger partial charge in [0.05, 0.1) is 25.2 Å². The van der Waals surface area contributed by atoms with E-state index in [1.807, 2.05) is 0 Å². The largest absolute Gasteiger partial charge is 0.480 e. The fourth-order valence-corrected chi connectivity index (χ4v) is 5.32.